The van der Waals surface area contributed by atoms with Crippen molar-refractivity contribution in [2.45, 2.75) is 19.5 Å². The molecule has 2 rings (SSSR count). The highest BCUT2D eigenvalue weighted by Gasteiger charge is 2.14. The number of aromatic amines is 1. The molecule has 0 aromatic carbocycles. The molecule has 0 amide bonds. The lowest BCUT2D eigenvalue weighted by Gasteiger charge is -2.10. The van der Waals surface area contributed by atoms with Crippen molar-refractivity contribution in [2.75, 3.05) is 7.11 Å². The number of methoxy groups -OCH3 is 1. The van der Waals surface area contributed by atoms with Crippen molar-refractivity contribution in [1.82, 2.24) is 15.5 Å². The molecule has 0 spiro atoms. The molecule has 2 aromatic heterocycles. The summed E-state index contributed by atoms with van der Waals surface area (Å²) in [6.07, 6.45) is 1.77. The van der Waals surface area contributed by atoms with E-state index in [0.29, 0.717) is 6.54 Å². The van der Waals surface area contributed by atoms with Gasteiger partial charge in [0.15, 0.2) is 0 Å². The summed E-state index contributed by atoms with van der Waals surface area (Å²) in [5, 5.41) is 12.2. The predicted molar refractivity (Wildman–Crippen MR) is 70.2 cm³/mol. The van der Waals surface area contributed by atoms with Crippen LogP contribution in [0.5, 0.6) is 0 Å². The van der Waals surface area contributed by atoms with E-state index < -0.39 is 0 Å². The van der Waals surface area contributed by atoms with Crippen LogP contribution in [-0.4, -0.2) is 29.3 Å². The van der Waals surface area contributed by atoms with Crippen LogP contribution in [-0.2, 0) is 16.1 Å². The number of rotatable bonds is 5. The molecular formula is C12H15N3O2S. The average Bonchev–Trinajstić information content (AvgIpc) is 3.04. The number of hydrogen-bond acceptors (Lipinski definition) is 5. The Kier molecular flexibility index (Phi) is 4.11. The van der Waals surface area contributed by atoms with Gasteiger partial charge >= 0.3 is 5.97 Å². The van der Waals surface area contributed by atoms with Crippen molar-refractivity contribution in [3.05, 3.63) is 29.3 Å². The van der Waals surface area contributed by atoms with Crippen molar-refractivity contribution in [1.29, 1.82) is 0 Å². The van der Waals surface area contributed by atoms with Gasteiger partial charge in [0.25, 0.3) is 0 Å². The Morgan fingerprint density at radius 1 is 1.67 bits per heavy atom. The van der Waals surface area contributed by atoms with Crippen LogP contribution in [0.2, 0.25) is 0 Å². The summed E-state index contributed by atoms with van der Waals surface area (Å²) in [6.45, 7) is 2.34. The van der Waals surface area contributed by atoms with Crippen LogP contribution in [0.15, 0.2) is 23.7 Å². The topological polar surface area (TPSA) is 67.0 Å². The lowest BCUT2D eigenvalue weighted by Crippen LogP contribution is -2.34. The van der Waals surface area contributed by atoms with Gasteiger partial charge in [-0.2, -0.15) is 5.10 Å². The van der Waals surface area contributed by atoms with E-state index in [1.807, 2.05) is 17.5 Å². The van der Waals surface area contributed by atoms with Gasteiger partial charge in [-0.25, -0.2) is 0 Å². The van der Waals surface area contributed by atoms with E-state index in [-0.39, 0.29) is 12.0 Å². The molecule has 0 saturated heterocycles. The molecule has 0 bridgehead atoms. The van der Waals surface area contributed by atoms with Gasteiger partial charge in [0, 0.05) is 12.1 Å². The van der Waals surface area contributed by atoms with E-state index >= 15 is 0 Å². The van der Waals surface area contributed by atoms with Crippen LogP contribution in [0.25, 0.3) is 10.6 Å². The summed E-state index contributed by atoms with van der Waals surface area (Å²) in [4.78, 5) is 12.4. The van der Waals surface area contributed by atoms with E-state index in [2.05, 4.69) is 20.3 Å². The Morgan fingerprint density at radius 3 is 3.17 bits per heavy atom. The maximum absolute atomic E-state index is 11.3. The summed E-state index contributed by atoms with van der Waals surface area (Å²) in [7, 11) is 1.38. The number of nitrogens with zero attached hydrogens (tertiary/aromatic N) is 1. The first-order valence-corrected chi connectivity index (χ1v) is 6.47. The first-order valence-electron chi connectivity index (χ1n) is 5.59. The van der Waals surface area contributed by atoms with Crippen molar-refractivity contribution in [2.24, 2.45) is 0 Å². The average molecular weight is 265 g/mol. The first-order chi connectivity index (χ1) is 8.72. The minimum Gasteiger partial charge on any atom is -0.468 e. The number of ether oxygens (including phenoxy) is 1. The summed E-state index contributed by atoms with van der Waals surface area (Å²) in [5.41, 5.74) is 2.03. The molecule has 1 unspecified atom stereocenters. The molecule has 96 valence electrons. The van der Waals surface area contributed by atoms with Gasteiger partial charge in [-0.3, -0.25) is 9.89 Å². The van der Waals surface area contributed by atoms with Crippen LogP contribution in [0, 0.1) is 0 Å². The SMILES string of the molecule is COC(=O)C(C)NCc1cn[nH]c1-c1cccs1. The fourth-order valence-corrected chi connectivity index (χ4v) is 2.36. The van der Waals surface area contributed by atoms with Gasteiger partial charge in [0.2, 0.25) is 0 Å². The van der Waals surface area contributed by atoms with Gasteiger partial charge in [-0.15, -0.1) is 11.3 Å². The second-order valence-electron chi connectivity index (χ2n) is 3.87. The van der Waals surface area contributed by atoms with Crippen molar-refractivity contribution in [3.63, 3.8) is 0 Å². The zero-order valence-corrected chi connectivity index (χ0v) is 11.1. The molecule has 6 heteroatoms. The van der Waals surface area contributed by atoms with Gasteiger partial charge < -0.3 is 10.1 Å². The number of carbonyl (C=O) groups excluding carboxylic acids is 1. The highest BCUT2D eigenvalue weighted by Crippen LogP contribution is 2.25. The van der Waals surface area contributed by atoms with E-state index in [4.69, 9.17) is 0 Å². The molecule has 0 radical (unpaired) electrons. The second kappa shape index (κ2) is 5.79. The number of nitrogens with one attached hydrogen (secondary N) is 2. The lowest BCUT2D eigenvalue weighted by atomic mass is 10.2. The Morgan fingerprint density at radius 2 is 2.50 bits per heavy atom. The molecule has 2 heterocycles. The Balaban J connectivity index is 2.03. The zero-order chi connectivity index (χ0) is 13.0. The molecular weight excluding hydrogens is 250 g/mol. The van der Waals surface area contributed by atoms with Crippen LogP contribution in [0.3, 0.4) is 0 Å². The van der Waals surface area contributed by atoms with Crippen LogP contribution in [0.4, 0.5) is 0 Å². The quantitative estimate of drug-likeness (QED) is 0.809. The summed E-state index contributed by atoms with van der Waals surface area (Å²) < 4.78 is 4.66. The fourth-order valence-electron chi connectivity index (χ4n) is 1.60. The molecule has 2 aromatic rings. The van der Waals surface area contributed by atoms with E-state index in [0.717, 1.165) is 16.1 Å². The lowest BCUT2D eigenvalue weighted by molar-refractivity contribution is -0.142. The third-order valence-corrected chi connectivity index (χ3v) is 3.53. The normalized spacial score (nSPS) is 12.3. The molecule has 0 aliphatic carbocycles. The Bertz CT molecular complexity index is 507. The van der Waals surface area contributed by atoms with E-state index in [9.17, 15) is 4.79 Å². The van der Waals surface area contributed by atoms with E-state index in [1.54, 1.807) is 24.5 Å². The summed E-state index contributed by atoms with van der Waals surface area (Å²) in [5.74, 6) is -0.267. The highest BCUT2D eigenvalue weighted by atomic mass is 32.1. The maximum atomic E-state index is 11.3. The minimum absolute atomic E-state index is 0.267. The molecule has 0 aliphatic rings. The summed E-state index contributed by atoms with van der Waals surface area (Å²) in [6, 6.07) is 3.70. The first kappa shape index (κ1) is 12.8. The molecule has 2 N–H and O–H groups in total. The van der Waals surface area contributed by atoms with Crippen molar-refractivity contribution < 1.29 is 9.53 Å². The Labute approximate surface area is 109 Å². The van der Waals surface area contributed by atoms with Gasteiger partial charge in [0.1, 0.15) is 6.04 Å². The number of esters is 1. The van der Waals surface area contributed by atoms with Crippen LogP contribution < -0.4 is 5.32 Å². The van der Waals surface area contributed by atoms with Gasteiger partial charge in [-0.05, 0) is 18.4 Å². The molecule has 5 nitrogen and oxygen atoms in total. The number of H-pyrrole nitrogens is 1. The van der Waals surface area contributed by atoms with Gasteiger partial charge in [-0.1, -0.05) is 6.07 Å². The van der Waals surface area contributed by atoms with E-state index in [1.165, 1.54) is 7.11 Å². The predicted octanol–water partition coefficient (Wildman–Crippen LogP) is 1.79. The summed E-state index contributed by atoms with van der Waals surface area (Å²) >= 11 is 1.65. The third kappa shape index (κ3) is 2.77. The number of thiophene rings is 1. The minimum atomic E-state index is -0.332. The molecule has 1 atom stereocenters. The highest BCUT2D eigenvalue weighted by molar-refractivity contribution is 7.13. The monoisotopic (exact) mass is 265 g/mol. The standard InChI is InChI=1S/C12H15N3O2S/c1-8(12(16)17-2)13-6-9-7-14-15-11(9)10-4-3-5-18-10/h3-5,7-8,13H,6H2,1-2H3,(H,14,15). The molecule has 18 heavy (non-hydrogen) atoms. The van der Waals surface area contributed by atoms with Gasteiger partial charge in [0.05, 0.1) is 23.9 Å². The number of hydrogen-bond donors (Lipinski definition) is 2. The van der Waals surface area contributed by atoms with Crippen LogP contribution in [0.1, 0.15) is 12.5 Å². The van der Waals surface area contributed by atoms with Crippen molar-refractivity contribution in [3.8, 4) is 10.6 Å². The largest absolute Gasteiger partial charge is 0.468 e. The second-order valence-corrected chi connectivity index (χ2v) is 4.82. The van der Waals surface area contributed by atoms with Crippen molar-refractivity contribution >= 4 is 17.3 Å². The molecule has 0 aliphatic heterocycles. The number of carbonyl (C=O) groups is 1. The maximum Gasteiger partial charge on any atom is 0.322 e. The Hall–Kier alpha value is -1.66. The smallest absolute Gasteiger partial charge is 0.322 e. The third-order valence-electron chi connectivity index (χ3n) is 2.64. The molecule has 0 fully saturated rings. The molecule has 0 saturated carbocycles. The fraction of sp³-hybridized carbons (Fsp3) is 0.333. The van der Waals surface area contributed by atoms with Crippen LogP contribution >= 0.6 is 11.3 Å². The number of aromatic nitrogens is 2. The zero-order valence-electron chi connectivity index (χ0n) is 10.3.